The molecule has 0 atom stereocenters. The minimum atomic E-state index is -0.614. The van der Waals surface area contributed by atoms with E-state index < -0.39 is 11.3 Å². The summed E-state index contributed by atoms with van der Waals surface area (Å²) in [5, 5.41) is 10.2. The number of anilines is 2. The Morgan fingerprint density at radius 2 is 1.70 bits per heavy atom. The lowest BCUT2D eigenvalue weighted by molar-refractivity contribution is -0.114. The predicted molar refractivity (Wildman–Crippen MR) is 105 cm³/mol. The van der Waals surface area contributed by atoms with Gasteiger partial charge in [-0.2, -0.15) is 5.10 Å². The highest BCUT2D eigenvalue weighted by atomic mass is 35.5. The van der Waals surface area contributed by atoms with Crippen molar-refractivity contribution in [3.05, 3.63) is 63.4 Å². The summed E-state index contributed by atoms with van der Waals surface area (Å²) in [6.07, 6.45) is 0. The molecule has 0 bridgehead atoms. The summed E-state index contributed by atoms with van der Waals surface area (Å²) in [6.45, 7) is 3.77. The van der Waals surface area contributed by atoms with Crippen LogP contribution in [0.15, 0.2) is 47.3 Å². The highest BCUT2D eigenvalue weighted by Gasteiger charge is 2.17. The number of rotatable bonds is 4. The van der Waals surface area contributed by atoms with Gasteiger partial charge in [0.1, 0.15) is 0 Å². The van der Waals surface area contributed by atoms with E-state index >= 15 is 0 Å². The molecule has 2 amide bonds. The van der Waals surface area contributed by atoms with Gasteiger partial charge in [0.05, 0.1) is 10.9 Å². The van der Waals surface area contributed by atoms with E-state index in [0.717, 1.165) is 0 Å². The molecule has 27 heavy (non-hydrogen) atoms. The second-order valence-electron chi connectivity index (χ2n) is 5.87. The van der Waals surface area contributed by atoms with Crippen molar-refractivity contribution in [1.82, 2.24) is 9.78 Å². The van der Waals surface area contributed by atoms with E-state index in [-0.39, 0.29) is 11.6 Å². The number of fused-ring (bicyclic) bond motifs is 1. The fourth-order valence-electron chi connectivity index (χ4n) is 2.68. The Hall–Kier alpha value is -3.19. The van der Waals surface area contributed by atoms with E-state index in [9.17, 15) is 14.4 Å². The zero-order valence-electron chi connectivity index (χ0n) is 14.7. The molecule has 0 fully saturated rings. The van der Waals surface area contributed by atoms with E-state index in [2.05, 4.69) is 15.7 Å². The molecule has 0 unspecified atom stereocenters. The van der Waals surface area contributed by atoms with Crippen LogP contribution in [0.1, 0.15) is 24.3 Å². The highest BCUT2D eigenvalue weighted by Crippen LogP contribution is 2.18. The first-order chi connectivity index (χ1) is 12.9. The van der Waals surface area contributed by atoms with Crippen LogP contribution in [-0.4, -0.2) is 21.6 Å². The van der Waals surface area contributed by atoms with Crippen molar-refractivity contribution in [3.8, 4) is 0 Å². The third-order valence-electron chi connectivity index (χ3n) is 3.89. The summed E-state index contributed by atoms with van der Waals surface area (Å²) in [5.41, 5.74) is 1.00. The maximum absolute atomic E-state index is 12.7. The van der Waals surface area contributed by atoms with Crippen LogP contribution in [-0.2, 0) is 11.3 Å². The molecular weight excluding hydrogens is 368 g/mol. The van der Waals surface area contributed by atoms with Crippen LogP contribution in [0.2, 0.25) is 5.02 Å². The predicted octanol–water partition coefficient (Wildman–Crippen LogP) is 3.28. The Kier molecular flexibility index (Phi) is 5.23. The Labute approximate surface area is 160 Å². The van der Waals surface area contributed by atoms with Crippen LogP contribution < -0.4 is 16.1 Å². The molecule has 0 aliphatic rings. The van der Waals surface area contributed by atoms with Gasteiger partial charge >= 0.3 is 0 Å². The van der Waals surface area contributed by atoms with Gasteiger partial charge in [-0.3, -0.25) is 19.1 Å². The van der Waals surface area contributed by atoms with E-state index in [4.69, 9.17) is 11.6 Å². The van der Waals surface area contributed by atoms with Crippen LogP contribution >= 0.6 is 11.6 Å². The maximum atomic E-state index is 12.7. The maximum Gasteiger partial charge on any atom is 0.280 e. The van der Waals surface area contributed by atoms with Gasteiger partial charge in [0, 0.05) is 29.9 Å². The Balaban J connectivity index is 1.95. The van der Waals surface area contributed by atoms with Crippen molar-refractivity contribution in [3.63, 3.8) is 0 Å². The lowest BCUT2D eigenvalue weighted by Crippen LogP contribution is -2.27. The minimum absolute atomic E-state index is 0.189. The number of halogens is 1. The molecule has 0 saturated heterocycles. The number of benzene rings is 2. The number of hydrogen-bond acceptors (Lipinski definition) is 4. The first kappa shape index (κ1) is 18.6. The van der Waals surface area contributed by atoms with Crippen molar-refractivity contribution >= 4 is 45.7 Å². The summed E-state index contributed by atoms with van der Waals surface area (Å²) in [7, 11) is 0. The molecule has 0 spiro atoms. The first-order valence-corrected chi connectivity index (χ1v) is 8.66. The topological polar surface area (TPSA) is 93.1 Å². The molecule has 0 aliphatic heterocycles. The molecule has 1 aromatic heterocycles. The number of hydrogen-bond donors (Lipinski definition) is 2. The molecule has 8 heteroatoms. The largest absolute Gasteiger partial charge is 0.326 e. The van der Waals surface area contributed by atoms with Crippen LogP contribution in [0, 0.1) is 0 Å². The zero-order valence-corrected chi connectivity index (χ0v) is 15.5. The number of aromatic nitrogens is 2. The second kappa shape index (κ2) is 7.59. The number of aryl methyl sites for hydroxylation is 1. The molecule has 0 aliphatic carbocycles. The van der Waals surface area contributed by atoms with E-state index in [0.29, 0.717) is 33.8 Å². The fraction of sp³-hybridized carbons (Fsp3) is 0.158. The quantitative estimate of drug-likeness (QED) is 0.721. The van der Waals surface area contributed by atoms with E-state index in [1.165, 1.54) is 13.0 Å². The summed E-state index contributed by atoms with van der Waals surface area (Å²) in [4.78, 5) is 36.4. The summed E-state index contributed by atoms with van der Waals surface area (Å²) >= 11 is 6.00. The standard InChI is InChI=1S/C19H17ClN4O3/c1-3-24-16-9-4-12(20)10-15(16)18(26)17(23-24)19(27)22-14-7-5-13(6-8-14)21-11(2)25/h4-10H,3H2,1-2H3,(H,21,25)(H,22,27). The Morgan fingerprint density at radius 1 is 1.07 bits per heavy atom. The van der Waals surface area contributed by atoms with Crippen LogP contribution in [0.5, 0.6) is 0 Å². The second-order valence-corrected chi connectivity index (χ2v) is 6.30. The molecule has 0 radical (unpaired) electrons. The van der Waals surface area contributed by atoms with Gasteiger partial charge in [0.2, 0.25) is 11.3 Å². The highest BCUT2D eigenvalue weighted by molar-refractivity contribution is 6.31. The average Bonchev–Trinajstić information content (AvgIpc) is 2.63. The molecule has 1 heterocycles. The first-order valence-electron chi connectivity index (χ1n) is 8.28. The van der Waals surface area contributed by atoms with Crippen molar-refractivity contribution < 1.29 is 9.59 Å². The zero-order chi connectivity index (χ0) is 19.6. The monoisotopic (exact) mass is 384 g/mol. The SMILES string of the molecule is CCn1nc(C(=O)Nc2ccc(NC(C)=O)cc2)c(=O)c2cc(Cl)ccc21. The molecular formula is C19H17ClN4O3. The number of carbonyl (C=O) groups excluding carboxylic acids is 2. The third-order valence-corrected chi connectivity index (χ3v) is 4.13. The summed E-state index contributed by atoms with van der Waals surface area (Å²) < 4.78 is 1.59. The average molecular weight is 385 g/mol. The Morgan fingerprint density at radius 3 is 2.30 bits per heavy atom. The number of nitrogens with zero attached hydrogens (tertiary/aromatic N) is 2. The fourth-order valence-corrected chi connectivity index (χ4v) is 2.85. The molecule has 2 aromatic carbocycles. The molecule has 7 nitrogen and oxygen atoms in total. The lowest BCUT2D eigenvalue weighted by Gasteiger charge is -2.11. The van der Waals surface area contributed by atoms with Gasteiger partial charge in [-0.05, 0) is 49.4 Å². The molecule has 138 valence electrons. The van der Waals surface area contributed by atoms with Crippen LogP contribution in [0.3, 0.4) is 0 Å². The van der Waals surface area contributed by atoms with Gasteiger partial charge in [-0.1, -0.05) is 11.6 Å². The van der Waals surface area contributed by atoms with Crippen molar-refractivity contribution in [2.75, 3.05) is 10.6 Å². The van der Waals surface area contributed by atoms with Crippen LogP contribution in [0.4, 0.5) is 11.4 Å². The van der Waals surface area contributed by atoms with Gasteiger partial charge in [0.15, 0.2) is 5.69 Å². The van der Waals surface area contributed by atoms with Gasteiger partial charge in [-0.25, -0.2) is 0 Å². The van der Waals surface area contributed by atoms with Crippen LogP contribution in [0.25, 0.3) is 10.9 Å². The normalized spacial score (nSPS) is 10.6. The van der Waals surface area contributed by atoms with Gasteiger partial charge < -0.3 is 10.6 Å². The summed E-state index contributed by atoms with van der Waals surface area (Å²) in [5.74, 6) is -0.803. The van der Waals surface area contributed by atoms with Crippen molar-refractivity contribution in [1.29, 1.82) is 0 Å². The third kappa shape index (κ3) is 3.98. The summed E-state index contributed by atoms with van der Waals surface area (Å²) in [6, 6.07) is 11.5. The Bertz CT molecular complexity index is 1090. The van der Waals surface area contributed by atoms with Crippen molar-refractivity contribution in [2.45, 2.75) is 20.4 Å². The van der Waals surface area contributed by atoms with Crippen molar-refractivity contribution in [2.24, 2.45) is 0 Å². The van der Waals surface area contributed by atoms with E-state index in [1.54, 1.807) is 41.1 Å². The van der Waals surface area contributed by atoms with E-state index in [1.807, 2.05) is 6.92 Å². The van der Waals surface area contributed by atoms with Gasteiger partial charge in [-0.15, -0.1) is 0 Å². The number of amides is 2. The van der Waals surface area contributed by atoms with Gasteiger partial charge in [0.25, 0.3) is 5.91 Å². The lowest BCUT2D eigenvalue weighted by atomic mass is 10.2. The molecule has 3 aromatic rings. The molecule has 0 saturated carbocycles. The molecule has 2 N–H and O–H groups in total. The number of nitrogens with one attached hydrogen (secondary N) is 2. The number of carbonyl (C=O) groups is 2. The minimum Gasteiger partial charge on any atom is -0.326 e. The molecule has 3 rings (SSSR count). The smallest absolute Gasteiger partial charge is 0.280 e.